The second kappa shape index (κ2) is 7.02. The molecule has 1 unspecified atom stereocenters. The highest BCUT2D eigenvalue weighted by molar-refractivity contribution is 7.89. The van der Waals surface area contributed by atoms with Crippen LogP contribution < -0.4 is 10.5 Å². The number of hydrogen-bond donors (Lipinski definition) is 2. The summed E-state index contributed by atoms with van der Waals surface area (Å²) >= 11 is 0. The Bertz CT molecular complexity index is 574. The van der Waals surface area contributed by atoms with Crippen LogP contribution in [0.2, 0.25) is 0 Å². The first-order valence-corrected chi connectivity index (χ1v) is 8.57. The first-order chi connectivity index (χ1) is 10.0. The van der Waals surface area contributed by atoms with Crippen LogP contribution in [0.3, 0.4) is 0 Å². The van der Waals surface area contributed by atoms with Crippen molar-refractivity contribution in [1.29, 1.82) is 0 Å². The number of amides is 1. The molecule has 1 aromatic rings. The molecule has 1 amide bonds. The molecule has 6 nitrogen and oxygen atoms in total. The number of benzene rings is 1. The van der Waals surface area contributed by atoms with Crippen LogP contribution in [-0.2, 0) is 14.8 Å². The summed E-state index contributed by atoms with van der Waals surface area (Å²) in [5, 5.41) is 0. The van der Waals surface area contributed by atoms with Gasteiger partial charge in [-0.1, -0.05) is 18.2 Å². The second-order valence-electron chi connectivity index (χ2n) is 5.08. The molecule has 0 aromatic heterocycles. The van der Waals surface area contributed by atoms with Gasteiger partial charge in [-0.25, -0.2) is 13.1 Å². The van der Waals surface area contributed by atoms with Gasteiger partial charge >= 0.3 is 0 Å². The Balaban J connectivity index is 1.85. The Morgan fingerprint density at radius 1 is 1.33 bits per heavy atom. The zero-order valence-electron chi connectivity index (χ0n) is 11.9. The maximum Gasteiger partial charge on any atom is 0.240 e. The van der Waals surface area contributed by atoms with E-state index < -0.39 is 10.0 Å². The Morgan fingerprint density at radius 2 is 2.05 bits per heavy atom. The lowest BCUT2D eigenvalue weighted by atomic mass is 10.2. The maximum absolute atomic E-state index is 12.1. The molecule has 1 aromatic carbocycles. The largest absolute Gasteiger partial charge is 0.338 e. The predicted octanol–water partition coefficient (Wildman–Crippen LogP) is 0.305. The molecule has 1 aliphatic heterocycles. The standard InChI is InChI=1S/C14H21N3O3S/c15-11-12-5-4-10-17(12)14(18)8-9-16-21(19,20)13-6-2-1-3-7-13/h1-3,6-7,12,16H,4-5,8-11,15H2. The van der Waals surface area contributed by atoms with Gasteiger partial charge in [0.15, 0.2) is 0 Å². The zero-order chi connectivity index (χ0) is 15.3. The predicted molar refractivity (Wildman–Crippen MR) is 80.0 cm³/mol. The highest BCUT2D eigenvalue weighted by atomic mass is 32.2. The normalized spacial score (nSPS) is 18.9. The van der Waals surface area contributed by atoms with Gasteiger partial charge in [0, 0.05) is 32.1 Å². The maximum atomic E-state index is 12.1. The molecular formula is C14H21N3O3S. The van der Waals surface area contributed by atoms with Crippen LogP contribution in [0.5, 0.6) is 0 Å². The van der Waals surface area contributed by atoms with Gasteiger partial charge in [0.2, 0.25) is 15.9 Å². The molecule has 0 aliphatic carbocycles. The van der Waals surface area contributed by atoms with Crippen molar-refractivity contribution in [1.82, 2.24) is 9.62 Å². The molecule has 0 saturated carbocycles. The van der Waals surface area contributed by atoms with E-state index in [-0.39, 0.29) is 29.8 Å². The van der Waals surface area contributed by atoms with Crippen molar-refractivity contribution < 1.29 is 13.2 Å². The highest BCUT2D eigenvalue weighted by Crippen LogP contribution is 2.17. The summed E-state index contributed by atoms with van der Waals surface area (Å²) in [4.78, 5) is 14.0. The number of carbonyl (C=O) groups is 1. The van der Waals surface area contributed by atoms with Crippen molar-refractivity contribution in [2.75, 3.05) is 19.6 Å². The third-order valence-electron chi connectivity index (χ3n) is 3.65. The van der Waals surface area contributed by atoms with Crippen molar-refractivity contribution in [3.63, 3.8) is 0 Å². The van der Waals surface area contributed by atoms with Crippen molar-refractivity contribution in [3.8, 4) is 0 Å². The van der Waals surface area contributed by atoms with Gasteiger partial charge in [-0.15, -0.1) is 0 Å². The molecule has 116 valence electrons. The van der Waals surface area contributed by atoms with Gasteiger partial charge in [-0.05, 0) is 25.0 Å². The quantitative estimate of drug-likeness (QED) is 0.790. The van der Waals surface area contributed by atoms with E-state index in [9.17, 15) is 13.2 Å². The van der Waals surface area contributed by atoms with Gasteiger partial charge in [0.1, 0.15) is 0 Å². The number of nitrogens with zero attached hydrogens (tertiary/aromatic N) is 1. The summed E-state index contributed by atoms with van der Waals surface area (Å²) in [6.45, 7) is 1.28. The van der Waals surface area contributed by atoms with E-state index in [2.05, 4.69) is 4.72 Å². The minimum absolute atomic E-state index is 0.0429. The number of carbonyl (C=O) groups excluding carboxylic acids is 1. The van der Waals surface area contributed by atoms with Crippen LogP contribution in [0.25, 0.3) is 0 Å². The van der Waals surface area contributed by atoms with E-state index in [4.69, 9.17) is 5.73 Å². The van der Waals surface area contributed by atoms with E-state index in [0.717, 1.165) is 12.8 Å². The third kappa shape index (κ3) is 4.03. The molecule has 0 bridgehead atoms. The Labute approximate surface area is 125 Å². The van der Waals surface area contributed by atoms with E-state index in [0.29, 0.717) is 13.1 Å². The van der Waals surface area contributed by atoms with Gasteiger partial charge in [0.05, 0.1) is 4.90 Å². The fourth-order valence-electron chi connectivity index (χ4n) is 2.53. The molecular weight excluding hydrogens is 290 g/mol. The monoisotopic (exact) mass is 311 g/mol. The van der Waals surface area contributed by atoms with Crippen molar-refractivity contribution >= 4 is 15.9 Å². The van der Waals surface area contributed by atoms with Gasteiger partial charge in [-0.2, -0.15) is 0 Å². The number of likely N-dealkylation sites (tertiary alicyclic amines) is 1. The van der Waals surface area contributed by atoms with Crippen molar-refractivity contribution in [2.24, 2.45) is 5.73 Å². The fraction of sp³-hybridized carbons (Fsp3) is 0.500. The first-order valence-electron chi connectivity index (χ1n) is 7.09. The summed E-state index contributed by atoms with van der Waals surface area (Å²) in [5.41, 5.74) is 5.63. The molecule has 21 heavy (non-hydrogen) atoms. The van der Waals surface area contributed by atoms with Crippen LogP contribution in [0.4, 0.5) is 0 Å². The van der Waals surface area contributed by atoms with Gasteiger partial charge < -0.3 is 10.6 Å². The lowest BCUT2D eigenvalue weighted by Gasteiger charge is -2.23. The van der Waals surface area contributed by atoms with Crippen molar-refractivity contribution in [2.45, 2.75) is 30.2 Å². The number of sulfonamides is 1. The highest BCUT2D eigenvalue weighted by Gasteiger charge is 2.27. The van der Waals surface area contributed by atoms with E-state index >= 15 is 0 Å². The third-order valence-corrected chi connectivity index (χ3v) is 5.13. The Morgan fingerprint density at radius 3 is 2.71 bits per heavy atom. The SMILES string of the molecule is NCC1CCCN1C(=O)CCNS(=O)(=O)c1ccccc1. The first kappa shape index (κ1) is 15.9. The van der Waals surface area contributed by atoms with Gasteiger partial charge in [-0.3, -0.25) is 4.79 Å². The topological polar surface area (TPSA) is 92.5 Å². The Hall–Kier alpha value is -1.44. The molecule has 0 spiro atoms. The number of nitrogens with one attached hydrogen (secondary N) is 1. The van der Waals surface area contributed by atoms with E-state index in [1.165, 1.54) is 12.1 Å². The second-order valence-corrected chi connectivity index (χ2v) is 6.85. The summed E-state index contributed by atoms with van der Waals surface area (Å²) in [6.07, 6.45) is 2.05. The lowest BCUT2D eigenvalue weighted by Crippen LogP contribution is -2.41. The summed E-state index contributed by atoms with van der Waals surface area (Å²) in [7, 11) is -3.54. The molecule has 0 radical (unpaired) electrons. The summed E-state index contributed by atoms with van der Waals surface area (Å²) in [5.74, 6) is -0.0429. The molecule has 1 heterocycles. The zero-order valence-corrected chi connectivity index (χ0v) is 12.7. The fourth-order valence-corrected chi connectivity index (χ4v) is 3.58. The average Bonchev–Trinajstić information content (AvgIpc) is 2.96. The molecule has 2 rings (SSSR count). The number of nitrogens with two attached hydrogens (primary N) is 1. The van der Waals surface area contributed by atoms with E-state index in [1.807, 2.05) is 0 Å². The van der Waals surface area contributed by atoms with Crippen LogP contribution in [0, 0.1) is 0 Å². The van der Waals surface area contributed by atoms with Crippen LogP contribution >= 0.6 is 0 Å². The van der Waals surface area contributed by atoms with Crippen LogP contribution in [-0.4, -0.2) is 44.9 Å². The minimum Gasteiger partial charge on any atom is -0.338 e. The Kier molecular flexibility index (Phi) is 5.33. The van der Waals surface area contributed by atoms with Gasteiger partial charge in [0.25, 0.3) is 0 Å². The van der Waals surface area contributed by atoms with E-state index in [1.54, 1.807) is 23.1 Å². The minimum atomic E-state index is -3.54. The molecule has 1 fully saturated rings. The van der Waals surface area contributed by atoms with Crippen molar-refractivity contribution in [3.05, 3.63) is 30.3 Å². The lowest BCUT2D eigenvalue weighted by molar-refractivity contribution is -0.131. The number of rotatable bonds is 6. The summed E-state index contributed by atoms with van der Waals surface area (Å²) < 4.78 is 26.5. The molecule has 1 atom stereocenters. The average molecular weight is 311 g/mol. The van der Waals surface area contributed by atoms with Crippen LogP contribution in [0.1, 0.15) is 19.3 Å². The number of hydrogen-bond acceptors (Lipinski definition) is 4. The smallest absolute Gasteiger partial charge is 0.240 e. The molecule has 1 aliphatic rings. The molecule has 3 N–H and O–H groups in total. The summed E-state index contributed by atoms with van der Waals surface area (Å²) in [6, 6.07) is 8.22. The van der Waals surface area contributed by atoms with Crippen LogP contribution in [0.15, 0.2) is 35.2 Å². The molecule has 1 saturated heterocycles. The molecule has 7 heteroatoms.